The molecule has 0 aromatic rings. The van der Waals surface area contributed by atoms with E-state index in [9.17, 15) is 4.79 Å². The van der Waals surface area contributed by atoms with E-state index in [0.717, 1.165) is 6.42 Å². The summed E-state index contributed by atoms with van der Waals surface area (Å²) in [5.41, 5.74) is 6.33. The molecule has 2 atom stereocenters. The summed E-state index contributed by atoms with van der Waals surface area (Å²) in [7, 11) is 0. The van der Waals surface area contributed by atoms with Gasteiger partial charge in [0.2, 0.25) is 5.91 Å². The minimum absolute atomic E-state index is 0.170. The third-order valence-electron chi connectivity index (χ3n) is 3.82. The summed E-state index contributed by atoms with van der Waals surface area (Å²) in [6.45, 7) is 2.22. The molecule has 1 aliphatic carbocycles. The summed E-state index contributed by atoms with van der Waals surface area (Å²) in [4.78, 5) is 11.2. The average Bonchev–Trinajstić information content (AvgIpc) is 2.58. The fraction of sp³-hybridized carbons (Fsp3) is 0.909. The molecule has 1 amide bonds. The molecule has 0 aromatic heterocycles. The minimum Gasteiger partial charge on any atom is -0.291 e. The number of carbonyl (C=O) groups is 1. The normalized spacial score (nSPS) is 36.6. The summed E-state index contributed by atoms with van der Waals surface area (Å²) in [6.07, 6.45) is 8.19. The zero-order valence-electron chi connectivity index (χ0n) is 8.94. The van der Waals surface area contributed by atoms with Crippen LogP contribution in [0.25, 0.3) is 0 Å². The number of fused-ring (bicyclic) bond motifs is 1. The third kappa shape index (κ3) is 1.65. The van der Waals surface area contributed by atoms with Crippen molar-refractivity contribution in [2.75, 3.05) is 0 Å². The van der Waals surface area contributed by atoms with E-state index in [0.29, 0.717) is 5.92 Å². The van der Waals surface area contributed by atoms with Crippen molar-refractivity contribution in [3.8, 4) is 0 Å². The van der Waals surface area contributed by atoms with Gasteiger partial charge in [0.05, 0.1) is 0 Å². The monoisotopic (exact) mass is 196 g/mol. The molecular weight excluding hydrogens is 176 g/mol. The Kier molecular flexibility index (Phi) is 2.77. The predicted molar refractivity (Wildman–Crippen MR) is 55.5 cm³/mol. The van der Waals surface area contributed by atoms with Crippen LogP contribution in [0.15, 0.2) is 0 Å². The van der Waals surface area contributed by atoms with Crippen LogP contribution in [0.5, 0.6) is 0 Å². The van der Waals surface area contributed by atoms with Crippen molar-refractivity contribution < 1.29 is 4.79 Å². The molecular formula is C11H20N2O. The maximum absolute atomic E-state index is 11.2. The van der Waals surface area contributed by atoms with Crippen LogP contribution in [0.4, 0.5) is 0 Å². The fourth-order valence-electron chi connectivity index (χ4n) is 2.96. The van der Waals surface area contributed by atoms with Crippen LogP contribution in [-0.4, -0.2) is 11.4 Å². The molecule has 1 heterocycles. The summed E-state index contributed by atoms with van der Waals surface area (Å²) < 4.78 is 0. The van der Waals surface area contributed by atoms with Crippen molar-refractivity contribution in [3.63, 3.8) is 0 Å². The molecule has 1 saturated carbocycles. The van der Waals surface area contributed by atoms with E-state index in [1.54, 1.807) is 0 Å². The number of hydrogen-bond donors (Lipinski definition) is 2. The molecule has 1 saturated heterocycles. The van der Waals surface area contributed by atoms with Gasteiger partial charge in [-0.15, -0.1) is 0 Å². The van der Waals surface area contributed by atoms with Crippen molar-refractivity contribution in [3.05, 3.63) is 0 Å². The van der Waals surface area contributed by atoms with Gasteiger partial charge in [-0.3, -0.25) is 10.2 Å². The van der Waals surface area contributed by atoms with Gasteiger partial charge < -0.3 is 0 Å². The molecule has 2 rings (SSSR count). The largest absolute Gasteiger partial charge is 0.291 e. The Bertz CT molecular complexity index is 229. The molecule has 1 aliphatic heterocycles. The second kappa shape index (κ2) is 3.89. The highest BCUT2D eigenvalue weighted by Crippen LogP contribution is 2.42. The number of amides is 1. The molecule has 3 heteroatoms. The van der Waals surface area contributed by atoms with Gasteiger partial charge in [-0.1, -0.05) is 26.2 Å². The first-order chi connectivity index (χ1) is 6.77. The minimum atomic E-state index is 0.170. The van der Waals surface area contributed by atoms with Gasteiger partial charge in [0.1, 0.15) is 0 Å². The molecule has 0 unspecified atom stereocenters. The van der Waals surface area contributed by atoms with E-state index in [2.05, 4.69) is 17.8 Å². The highest BCUT2D eigenvalue weighted by atomic mass is 16.2. The van der Waals surface area contributed by atoms with Gasteiger partial charge in [0.25, 0.3) is 0 Å². The van der Waals surface area contributed by atoms with Crippen molar-refractivity contribution >= 4 is 5.91 Å². The number of hydrazine groups is 1. The van der Waals surface area contributed by atoms with Crippen LogP contribution in [-0.2, 0) is 4.79 Å². The lowest BCUT2D eigenvalue weighted by Gasteiger charge is -2.40. The number of rotatable bonds is 3. The molecule has 0 aromatic carbocycles. The molecule has 3 nitrogen and oxygen atoms in total. The van der Waals surface area contributed by atoms with Gasteiger partial charge in [-0.2, -0.15) is 0 Å². The van der Waals surface area contributed by atoms with Crippen LogP contribution < -0.4 is 10.9 Å². The van der Waals surface area contributed by atoms with Crippen LogP contribution in [0.2, 0.25) is 0 Å². The van der Waals surface area contributed by atoms with Gasteiger partial charge in [0, 0.05) is 12.0 Å². The van der Waals surface area contributed by atoms with Crippen molar-refractivity contribution in [2.24, 2.45) is 5.92 Å². The Balaban J connectivity index is 2.03. The van der Waals surface area contributed by atoms with E-state index in [1.165, 1.54) is 38.5 Å². The molecule has 80 valence electrons. The molecule has 0 spiro atoms. The Morgan fingerprint density at radius 1 is 1.57 bits per heavy atom. The second-order valence-corrected chi connectivity index (χ2v) is 4.73. The lowest BCUT2D eigenvalue weighted by Crippen LogP contribution is -2.61. The van der Waals surface area contributed by atoms with E-state index >= 15 is 0 Å². The Morgan fingerprint density at radius 3 is 3.21 bits per heavy atom. The third-order valence-corrected chi connectivity index (χ3v) is 3.82. The first-order valence-electron chi connectivity index (χ1n) is 5.83. The maximum atomic E-state index is 11.2. The van der Waals surface area contributed by atoms with Crippen LogP contribution in [0, 0.1) is 5.92 Å². The predicted octanol–water partition coefficient (Wildman–Crippen LogP) is 1.74. The highest BCUT2D eigenvalue weighted by molar-refractivity contribution is 5.76. The van der Waals surface area contributed by atoms with Gasteiger partial charge in [-0.25, -0.2) is 5.43 Å². The Labute approximate surface area is 85.6 Å². The van der Waals surface area contributed by atoms with E-state index in [4.69, 9.17) is 0 Å². The lowest BCUT2D eigenvalue weighted by molar-refractivity contribution is -0.127. The Hall–Kier alpha value is -0.570. The fourth-order valence-corrected chi connectivity index (χ4v) is 2.96. The van der Waals surface area contributed by atoms with Gasteiger partial charge >= 0.3 is 0 Å². The lowest BCUT2D eigenvalue weighted by atomic mass is 9.80. The first-order valence-corrected chi connectivity index (χ1v) is 5.83. The highest BCUT2D eigenvalue weighted by Gasteiger charge is 2.45. The molecule has 2 fully saturated rings. The number of carbonyl (C=O) groups excluding carboxylic acids is 1. The standard InChI is InChI=1S/C11H20N2O/c1-2-3-6-11-7-4-5-9(11)8-10(14)12-13-11/h9,13H,2-8H2,1H3,(H,12,14)/t9-,11-/m0/s1. The summed E-state index contributed by atoms with van der Waals surface area (Å²) >= 11 is 0. The molecule has 2 N–H and O–H groups in total. The quantitative estimate of drug-likeness (QED) is 0.722. The SMILES string of the molecule is CCCC[C@]12CCC[C@H]1CC(=O)NN2. The second-order valence-electron chi connectivity index (χ2n) is 4.73. The van der Waals surface area contributed by atoms with Gasteiger partial charge in [0.15, 0.2) is 0 Å². The summed E-state index contributed by atoms with van der Waals surface area (Å²) in [6, 6.07) is 0. The molecule has 14 heavy (non-hydrogen) atoms. The Morgan fingerprint density at radius 2 is 2.43 bits per heavy atom. The molecule has 0 radical (unpaired) electrons. The topological polar surface area (TPSA) is 41.1 Å². The van der Waals surface area contributed by atoms with E-state index < -0.39 is 0 Å². The zero-order chi connectivity index (χ0) is 10.0. The van der Waals surface area contributed by atoms with Crippen molar-refractivity contribution in [2.45, 2.75) is 57.4 Å². The van der Waals surface area contributed by atoms with Crippen LogP contribution in [0.1, 0.15) is 51.9 Å². The van der Waals surface area contributed by atoms with E-state index in [-0.39, 0.29) is 11.4 Å². The first kappa shape index (κ1) is 9.97. The van der Waals surface area contributed by atoms with Crippen LogP contribution >= 0.6 is 0 Å². The van der Waals surface area contributed by atoms with Crippen molar-refractivity contribution in [1.29, 1.82) is 0 Å². The van der Waals surface area contributed by atoms with E-state index in [1.807, 2.05) is 0 Å². The van der Waals surface area contributed by atoms with Gasteiger partial charge in [-0.05, 0) is 25.2 Å². The smallest absolute Gasteiger partial charge is 0.234 e. The molecule has 0 bridgehead atoms. The molecule has 2 aliphatic rings. The number of nitrogens with one attached hydrogen (secondary N) is 2. The van der Waals surface area contributed by atoms with Crippen LogP contribution in [0.3, 0.4) is 0 Å². The average molecular weight is 196 g/mol. The summed E-state index contributed by atoms with van der Waals surface area (Å²) in [5.74, 6) is 0.756. The van der Waals surface area contributed by atoms with Crippen molar-refractivity contribution in [1.82, 2.24) is 10.9 Å². The number of unbranched alkanes of at least 4 members (excludes halogenated alkanes) is 1. The zero-order valence-corrected chi connectivity index (χ0v) is 8.94. The number of hydrogen-bond acceptors (Lipinski definition) is 2. The summed E-state index contributed by atoms with van der Waals surface area (Å²) in [5, 5.41) is 0. The maximum Gasteiger partial charge on any atom is 0.234 e.